The fourth-order valence-electron chi connectivity index (χ4n) is 5.66. The minimum absolute atomic E-state index is 0.323. The molecule has 6 unspecified atom stereocenters. The Morgan fingerprint density at radius 2 is 0.925 bits per heavy atom. The van der Waals surface area contributed by atoms with Gasteiger partial charge in [-0.3, -0.25) is 0 Å². The smallest absolute Gasteiger partial charge is 0.370 e. The Balaban J connectivity index is 2.54. The number of hydrogen-bond donors (Lipinski definition) is 0. The van der Waals surface area contributed by atoms with Crippen molar-refractivity contribution in [3.05, 3.63) is 0 Å². The van der Waals surface area contributed by atoms with Gasteiger partial charge in [-0.25, -0.2) is 0 Å². The van der Waals surface area contributed by atoms with E-state index in [2.05, 4.69) is 0 Å². The maximum absolute atomic E-state index is 6.76. The van der Waals surface area contributed by atoms with E-state index >= 15 is 0 Å². The van der Waals surface area contributed by atoms with Crippen molar-refractivity contribution in [3.63, 3.8) is 0 Å². The van der Waals surface area contributed by atoms with E-state index in [-0.39, 0.29) is 0 Å². The molecule has 14 heteroatoms. The number of methoxy groups -OCH3 is 9. The Labute approximate surface area is 240 Å². The molecule has 1 aliphatic heterocycles. The predicted octanol–water partition coefficient (Wildman–Crippen LogP) is 2.88. The van der Waals surface area contributed by atoms with Crippen LogP contribution in [-0.4, -0.2) is 121 Å². The number of ether oxygens (including phenoxy) is 10. The minimum atomic E-state index is -3.81. The first kappa shape index (κ1) is 35.9. The van der Waals surface area contributed by atoms with E-state index in [4.69, 9.17) is 60.6 Å². The molecule has 0 radical (unpaired) electrons. The third-order valence-corrected chi connectivity index (χ3v) is 11.1. The third kappa shape index (κ3) is 7.80. The van der Waals surface area contributed by atoms with E-state index in [0.717, 1.165) is 25.7 Å². The summed E-state index contributed by atoms with van der Waals surface area (Å²) >= 11 is 0. The van der Waals surface area contributed by atoms with E-state index in [9.17, 15) is 0 Å². The molecule has 0 aromatic heterocycles. The first-order chi connectivity index (χ1) is 19.0. The fourth-order valence-corrected chi connectivity index (χ4v) is 8.99. The van der Waals surface area contributed by atoms with Crippen LogP contribution in [-0.2, 0) is 60.6 Å². The van der Waals surface area contributed by atoms with Gasteiger partial charge < -0.3 is 60.6 Å². The van der Waals surface area contributed by atoms with Crippen molar-refractivity contribution in [3.8, 4) is 0 Å². The lowest BCUT2D eigenvalue weighted by molar-refractivity contribution is -0.401. The van der Waals surface area contributed by atoms with E-state index in [0.29, 0.717) is 24.2 Å². The standard InChI is InChI=1S/C26H52O13Si/c1-18(24(27-4,28-5)29-6)37-40(38-19(2)25(30-7,31-8)32-9,39-20(3)26(33-10,34-11)35-12)16-15-21-13-14-22-23(17-21)36-22/h18-23H,13-17H2,1-12H3. The highest BCUT2D eigenvalue weighted by atomic mass is 28.4. The third-order valence-electron chi connectivity index (χ3n) is 8.09. The molecule has 1 heterocycles. The molecule has 0 amide bonds. The van der Waals surface area contributed by atoms with Crippen molar-refractivity contribution in [2.24, 2.45) is 5.92 Å². The maximum Gasteiger partial charge on any atom is 0.502 e. The van der Waals surface area contributed by atoms with Crippen molar-refractivity contribution in [2.75, 3.05) is 64.0 Å². The van der Waals surface area contributed by atoms with Gasteiger partial charge in [0.25, 0.3) is 0 Å². The second-order valence-electron chi connectivity index (χ2n) is 10.0. The highest BCUT2D eigenvalue weighted by molar-refractivity contribution is 6.60. The van der Waals surface area contributed by atoms with E-state index in [1.165, 1.54) is 64.0 Å². The summed E-state index contributed by atoms with van der Waals surface area (Å²) in [5.41, 5.74) is 0. The topological polar surface area (TPSA) is 123 Å². The van der Waals surface area contributed by atoms with E-state index < -0.39 is 45.0 Å². The lowest BCUT2D eigenvalue weighted by Crippen LogP contribution is -2.63. The maximum atomic E-state index is 6.76. The average Bonchev–Trinajstić information content (AvgIpc) is 3.75. The number of epoxide rings is 1. The quantitative estimate of drug-likeness (QED) is 0.109. The van der Waals surface area contributed by atoms with Crippen LogP contribution in [0.3, 0.4) is 0 Å². The van der Waals surface area contributed by atoms with Gasteiger partial charge in [-0.1, -0.05) is 0 Å². The lowest BCUT2D eigenvalue weighted by Gasteiger charge is -2.45. The summed E-state index contributed by atoms with van der Waals surface area (Å²) in [5.74, 6) is -4.23. The Hall–Kier alpha value is -0.303. The van der Waals surface area contributed by atoms with Crippen molar-refractivity contribution in [2.45, 2.75) is 101 Å². The Kier molecular flexibility index (Phi) is 13.8. The summed E-state index contributed by atoms with van der Waals surface area (Å²) in [5, 5.41) is 0. The summed E-state index contributed by atoms with van der Waals surface area (Å²) in [6.45, 7) is 5.28. The van der Waals surface area contributed by atoms with Crippen molar-refractivity contribution in [1.82, 2.24) is 0 Å². The van der Waals surface area contributed by atoms with Crippen LogP contribution in [0.5, 0.6) is 0 Å². The predicted molar refractivity (Wildman–Crippen MR) is 144 cm³/mol. The second-order valence-corrected chi connectivity index (χ2v) is 12.6. The zero-order chi connectivity index (χ0) is 30.2. The second kappa shape index (κ2) is 15.4. The molecule has 2 aliphatic rings. The SMILES string of the molecule is COC(OC)(OC)C(C)O[Si](CCC1CCC2OC2C1)(OC(C)C(OC)(OC)OC)OC(C)C(OC)(OC)OC. The molecule has 2 rings (SSSR count). The van der Waals surface area contributed by atoms with E-state index in [1.54, 1.807) is 20.8 Å². The van der Waals surface area contributed by atoms with Gasteiger partial charge in [0.2, 0.25) is 0 Å². The van der Waals surface area contributed by atoms with Crippen LogP contribution in [0.4, 0.5) is 0 Å². The van der Waals surface area contributed by atoms with Crippen molar-refractivity contribution < 1.29 is 60.6 Å². The molecule has 0 N–H and O–H groups in total. The zero-order valence-electron chi connectivity index (χ0n) is 26.3. The molecule has 1 saturated carbocycles. The van der Waals surface area contributed by atoms with Gasteiger partial charge in [0.1, 0.15) is 18.3 Å². The lowest BCUT2D eigenvalue weighted by atomic mass is 9.88. The Morgan fingerprint density at radius 1 is 0.575 bits per heavy atom. The molecular weight excluding hydrogens is 548 g/mol. The largest absolute Gasteiger partial charge is 0.502 e. The fraction of sp³-hybridized carbons (Fsp3) is 1.00. The van der Waals surface area contributed by atoms with Gasteiger partial charge in [0.15, 0.2) is 0 Å². The molecular formula is C26H52O13Si. The van der Waals surface area contributed by atoms with Gasteiger partial charge in [0.05, 0.1) is 12.2 Å². The summed E-state index contributed by atoms with van der Waals surface area (Å²) < 4.78 is 76.5. The van der Waals surface area contributed by atoms with Crippen LogP contribution in [0, 0.1) is 5.92 Å². The Bertz CT molecular complexity index is 637. The van der Waals surface area contributed by atoms with Crippen LogP contribution >= 0.6 is 0 Å². The van der Waals surface area contributed by atoms with Gasteiger partial charge in [-0.15, -0.1) is 0 Å². The molecule has 40 heavy (non-hydrogen) atoms. The summed E-state index contributed by atoms with van der Waals surface area (Å²) in [6.07, 6.45) is 2.08. The highest BCUT2D eigenvalue weighted by Gasteiger charge is 2.57. The molecule has 0 aromatic carbocycles. The molecule has 6 atom stereocenters. The number of rotatable bonds is 21. The molecule has 1 aliphatic carbocycles. The minimum Gasteiger partial charge on any atom is -0.370 e. The molecule has 0 spiro atoms. The van der Waals surface area contributed by atoms with Crippen molar-refractivity contribution in [1.29, 1.82) is 0 Å². The van der Waals surface area contributed by atoms with Gasteiger partial charge in [0, 0.05) is 70.0 Å². The van der Waals surface area contributed by atoms with Crippen molar-refractivity contribution >= 4 is 8.80 Å². The van der Waals surface area contributed by atoms with Crippen LogP contribution in [0.1, 0.15) is 46.5 Å². The van der Waals surface area contributed by atoms with Crippen LogP contribution < -0.4 is 0 Å². The molecule has 238 valence electrons. The summed E-state index contributed by atoms with van der Waals surface area (Å²) in [7, 11) is 9.39. The molecule has 0 aromatic rings. The molecule has 1 saturated heterocycles. The van der Waals surface area contributed by atoms with Gasteiger partial charge >= 0.3 is 26.7 Å². The van der Waals surface area contributed by atoms with Gasteiger partial charge in [-0.2, -0.15) is 0 Å². The summed E-state index contributed by atoms with van der Waals surface area (Å²) in [4.78, 5) is 0. The molecule has 13 nitrogen and oxygen atoms in total. The van der Waals surface area contributed by atoms with Crippen LogP contribution in [0.2, 0.25) is 6.04 Å². The van der Waals surface area contributed by atoms with Gasteiger partial charge in [-0.05, 0) is 52.4 Å². The number of fused-ring (bicyclic) bond motifs is 1. The normalized spacial score (nSPS) is 25.6. The Morgan fingerprint density at radius 3 is 1.23 bits per heavy atom. The zero-order valence-corrected chi connectivity index (χ0v) is 27.3. The van der Waals surface area contributed by atoms with Crippen LogP contribution in [0.15, 0.2) is 0 Å². The first-order valence-electron chi connectivity index (χ1n) is 13.6. The molecule has 0 bridgehead atoms. The highest BCUT2D eigenvalue weighted by Crippen LogP contribution is 2.43. The monoisotopic (exact) mass is 600 g/mol. The average molecular weight is 601 g/mol. The number of hydrogen-bond acceptors (Lipinski definition) is 13. The van der Waals surface area contributed by atoms with E-state index in [1.807, 2.05) is 0 Å². The first-order valence-corrected chi connectivity index (χ1v) is 15.6. The van der Waals surface area contributed by atoms with Crippen LogP contribution in [0.25, 0.3) is 0 Å². The summed E-state index contributed by atoms with van der Waals surface area (Å²) in [6, 6.07) is 0.418. The molecule has 2 fully saturated rings.